The Hall–Kier alpha value is -2.99. The topological polar surface area (TPSA) is 63.0 Å². The molecule has 1 atom stereocenters. The summed E-state index contributed by atoms with van der Waals surface area (Å²) in [4.78, 5) is 0. The molecule has 3 aromatic rings. The van der Waals surface area contributed by atoms with Crippen LogP contribution in [0.2, 0.25) is 0 Å². The van der Waals surface area contributed by atoms with Gasteiger partial charge in [0.05, 0.1) is 12.2 Å². The predicted molar refractivity (Wildman–Crippen MR) is 110 cm³/mol. The highest BCUT2D eigenvalue weighted by atomic mass is 16.7. The molecule has 0 aliphatic heterocycles. The first-order valence-electron chi connectivity index (χ1n) is 9.64. The van der Waals surface area contributed by atoms with Gasteiger partial charge in [-0.15, -0.1) is 0 Å². The second-order valence-electron chi connectivity index (χ2n) is 7.05. The second-order valence-corrected chi connectivity index (χ2v) is 7.05. The maximum Gasteiger partial charge on any atom is 0.256 e. The van der Waals surface area contributed by atoms with Gasteiger partial charge in [-0.2, -0.15) is 0 Å². The summed E-state index contributed by atoms with van der Waals surface area (Å²) in [7, 11) is 1.55. The first-order valence-corrected chi connectivity index (χ1v) is 9.64. The maximum atomic E-state index is 6.06. The van der Waals surface area contributed by atoms with Crippen LogP contribution in [0.5, 0.6) is 17.4 Å². The fraction of sp³-hybridized carbons (Fsp3) is 0.348. The summed E-state index contributed by atoms with van der Waals surface area (Å²) in [5.41, 5.74) is 2.07. The van der Waals surface area contributed by atoms with E-state index in [9.17, 15) is 0 Å². The van der Waals surface area contributed by atoms with E-state index in [1.54, 1.807) is 13.2 Å². The zero-order valence-corrected chi connectivity index (χ0v) is 17.3. The highest BCUT2D eigenvalue weighted by Gasteiger charge is 2.10. The van der Waals surface area contributed by atoms with E-state index in [0.717, 1.165) is 23.5 Å². The van der Waals surface area contributed by atoms with E-state index in [4.69, 9.17) is 23.5 Å². The molecule has 0 spiro atoms. The summed E-state index contributed by atoms with van der Waals surface area (Å²) in [6.45, 7) is 6.23. The van der Waals surface area contributed by atoms with E-state index in [1.165, 1.54) is 5.56 Å². The van der Waals surface area contributed by atoms with Crippen LogP contribution in [0.3, 0.4) is 0 Å². The average molecular weight is 397 g/mol. The van der Waals surface area contributed by atoms with Crippen LogP contribution in [0.25, 0.3) is 11.3 Å². The molecule has 2 aromatic carbocycles. The van der Waals surface area contributed by atoms with Gasteiger partial charge < -0.3 is 23.5 Å². The predicted octanol–water partition coefficient (Wildman–Crippen LogP) is 5.12. The molecular formula is C23H27NO5. The minimum atomic E-state index is 0.0227. The summed E-state index contributed by atoms with van der Waals surface area (Å²) < 4.78 is 27.2. The summed E-state index contributed by atoms with van der Waals surface area (Å²) in [6, 6.07) is 17.6. The van der Waals surface area contributed by atoms with E-state index in [-0.39, 0.29) is 19.0 Å². The minimum absolute atomic E-state index is 0.0227. The zero-order chi connectivity index (χ0) is 20.6. The summed E-state index contributed by atoms with van der Waals surface area (Å²) in [6.07, 6.45) is 0.971. The smallest absolute Gasteiger partial charge is 0.256 e. The molecule has 1 heterocycles. The molecule has 0 aliphatic rings. The third kappa shape index (κ3) is 6.26. The van der Waals surface area contributed by atoms with Crippen LogP contribution in [-0.4, -0.2) is 31.3 Å². The SMILES string of the molecule is COCOc1cc(-c2ccc(OC(C)Cc3cccc(OC(C)C)c3)cc2)on1. The molecule has 3 rings (SSSR count). The number of nitrogens with zero attached hydrogens (tertiary/aromatic N) is 1. The number of benzene rings is 2. The van der Waals surface area contributed by atoms with Gasteiger partial charge in [-0.25, -0.2) is 0 Å². The Morgan fingerprint density at radius 2 is 1.72 bits per heavy atom. The number of aromatic nitrogens is 1. The number of rotatable bonds is 10. The Balaban J connectivity index is 1.57. The maximum absolute atomic E-state index is 6.06. The normalized spacial score (nSPS) is 12.0. The minimum Gasteiger partial charge on any atom is -0.491 e. The lowest BCUT2D eigenvalue weighted by Crippen LogP contribution is -2.15. The Bertz CT molecular complexity index is 888. The van der Waals surface area contributed by atoms with Crippen LogP contribution in [0.1, 0.15) is 26.3 Å². The lowest BCUT2D eigenvalue weighted by Gasteiger charge is -2.16. The van der Waals surface area contributed by atoms with Crippen molar-refractivity contribution in [3.63, 3.8) is 0 Å². The second kappa shape index (κ2) is 9.98. The molecular weight excluding hydrogens is 370 g/mol. The molecule has 0 saturated carbocycles. The third-order valence-electron chi connectivity index (χ3n) is 4.08. The molecule has 1 aromatic heterocycles. The van der Waals surface area contributed by atoms with Crippen LogP contribution in [-0.2, 0) is 11.2 Å². The van der Waals surface area contributed by atoms with Gasteiger partial charge in [0.1, 0.15) is 11.5 Å². The monoisotopic (exact) mass is 397 g/mol. The van der Waals surface area contributed by atoms with Crippen molar-refractivity contribution in [1.29, 1.82) is 0 Å². The summed E-state index contributed by atoms with van der Waals surface area (Å²) in [5, 5.41) is 3.85. The number of methoxy groups -OCH3 is 1. The lowest BCUT2D eigenvalue weighted by molar-refractivity contribution is 0.0453. The van der Waals surface area contributed by atoms with Gasteiger partial charge in [0.15, 0.2) is 12.6 Å². The van der Waals surface area contributed by atoms with Crippen molar-refractivity contribution in [2.24, 2.45) is 0 Å². The van der Waals surface area contributed by atoms with Crippen LogP contribution >= 0.6 is 0 Å². The van der Waals surface area contributed by atoms with Crippen molar-refractivity contribution in [2.45, 2.75) is 39.4 Å². The van der Waals surface area contributed by atoms with Gasteiger partial charge in [-0.3, -0.25) is 0 Å². The van der Waals surface area contributed by atoms with E-state index in [2.05, 4.69) is 24.2 Å². The number of hydrogen-bond acceptors (Lipinski definition) is 6. The molecule has 0 amide bonds. The fourth-order valence-corrected chi connectivity index (χ4v) is 2.90. The molecule has 29 heavy (non-hydrogen) atoms. The van der Waals surface area contributed by atoms with Gasteiger partial charge >= 0.3 is 0 Å². The Morgan fingerprint density at radius 1 is 0.931 bits per heavy atom. The highest BCUT2D eigenvalue weighted by molar-refractivity contribution is 5.59. The molecule has 6 heteroatoms. The number of hydrogen-bond donors (Lipinski definition) is 0. The Kier molecular flexibility index (Phi) is 7.14. The average Bonchev–Trinajstić information content (AvgIpc) is 3.15. The molecule has 6 nitrogen and oxygen atoms in total. The zero-order valence-electron chi connectivity index (χ0n) is 17.3. The van der Waals surface area contributed by atoms with Gasteiger partial charge in [-0.05, 0) is 67.9 Å². The van der Waals surface area contributed by atoms with Crippen LogP contribution in [0.4, 0.5) is 0 Å². The van der Waals surface area contributed by atoms with Crippen molar-refractivity contribution >= 4 is 0 Å². The van der Waals surface area contributed by atoms with E-state index >= 15 is 0 Å². The molecule has 0 fully saturated rings. The van der Waals surface area contributed by atoms with Crippen LogP contribution in [0, 0.1) is 0 Å². The first-order chi connectivity index (χ1) is 14.0. The summed E-state index contributed by atoms with van der Waals surface area (Å²) >= 11 is 0. The van der Waals surface area contributed by atoms with Crippen molar-refractivity contribution < 1.29 is 23.5 Å². The molecule has 0 radical (unpaired) electrons. The Morgan fingerprint density at radius 3 is 2.45 bits per heavy atom. The van der Waals surface area contributed by atoms with Crippen molar-refractivity contribution in [3.8, 4) is 28.7 Å². The molecule has 0 N–H and O–H groups in total. The number of ether oxygens (including phenoxy) is 4. The quantitative estimate of drug-likeness (QED) is 0.442. The largest absolute Gasteiger partial charge is 0.491 e. The van der Waals surface area contributed by atoms with Gasteiger partial charge in [0.25, 0.3) is 5.88 Å². The van der Waals surface area contributed by atoms with Crippen molar-refractivity contribution in [1.82, 2.24) is 5.16 Å². The first kappa shape index (κ1) is 20.7. The highest BCUT2D eigenvalue weighted by Crippen LogP contribution is 2.26. The van der Waals surface area contributed by atoms with E-state index in [0.29, 0.717) is 11.6 Å². The molecule has 154 valence electrons. The standard InChI is InChI=1S/C23H27NO5/c1-16(2)27-21-7-5-6-18(13-21)12-17(3)28-20-10-8-19(9-11-20)22-14-23(24-29-22)26-15-25-4/h5-11,13-14,16-17H,12,15H2,1-4H3. The fourth-order valence-electron chi connectivity index (χ4n) is 2.90. The van der Waals surface area contributed by atoms with Crippen LogP contribution in [0.15, 0.2) is 59.1 Å². The van der Waals surface area contributed by atoms with Gasteiger partial charge in [-0.1, -0.05) is 12.1 Å². The van der Waals surface area contributed by atoms with Gasteiger partial charge in [0, 0.05) is 25.2 Å². The van der Waals surface area contributed by atoms with Gasteiger partial charge in [0.2, 0.25) is 0 Å². The molecule has 0 aliphatic carbocycles. The van der Waals surface area contributed by atoms with E-state index < -0.39 is 0 Å². The Labute approximate surface area is 171 Å². The third-order valence-corrected chi connectivity index (χ3v) is 4.08. The van der Waals surface area contributed by atoms with E-state index in [1.807, 2.05) is 50.2 Å². The molecule has 0 bridgehead atoms. The lowest BCUT2D eigenvalue weighted by atomic mass is 10.1. The molecule has 1 unspecified atom stereocenters. The van der Waals surface area contributed by atoms with Crippen molar-refractivity contribution in [3.05, 3.63) is 60.2 Å². The van der Waals surface area contributed by atoms with Crippen LogP contribution < -0.4 is 14.2 Å². The summed E-state index contributed by atoms with van der Waals surface area (Å²) in [5.74, 6) is 2.69. The van der Waals surface area contributed by atoms with Crippen molar-refractivity contribution in [2.75, 3.05) is 13.9 Å². The molecule has 0 saturated heterocycles.